The summed E-state index contributed by atoms with van der Waals surface area (Å²) in [4.78, 5) is 19.2. The summed E-state index contributed by atoms with van der Waals surface area (Å²) in [5, 5.41) is 10.3. The van der Waals surface area contributed by atoms with Crippen molar-refractivity contribution >= 4 is 11.9 Å². The summed E-state index contributed by atoms with van der Waals surface area (Å²) in [6.45, 7) is 1.78. The van der Waals surface area contributed by atoms with Gasteiger partial charge in [-0.15, -0.1) is 0 Å². The van der Waals surface area contributed by atoms with E-state index >= 15 is 0 Å². The minimum atomic E-state index is -1.33. The number of carbonyl (C=O) groups is 2. The lowest BCUT2D eigenvalue weighted by Gasteiger charge is -2.08. The van der Waals surface area contributed by atoms with Crippen LogP contribution in [0.25, 0.3) is 0 Å². The lowest BCUT2D eigenvalue weighted by atomic mass is 10.1. The first-order chi connectivity index (χ1) is 5.13. The van der Waals surface area contributed by atoms with Gasteiger partial charge in [0.25, 0.3) is 0 Å². The number of amides is 1. The summed E-state index contributed by atoms with van der Waals surface area (Å²) in [5.74, 6) is 0.402. The molecule has 1 heterocycles. The Morgan fingerprint density at radius 1 is 1.45 bits per heavy atom. The number of rotatable bonds is 0. The molecule has 0 spiro atoms. The van der Waals surface area contributed by atoms with Crippen LogP contribution in [0.1, 0.15) is 12.8 Å². The zero-order chi connectivity index (χ0) is 8.69. The van der Waals surface area contributed by atoms with Crippen LogP contribution in [-0.2, 0) is 4.79 Å². The molecule has 0 atom stereocenters. The van der Waals surface area contributed by atoms with E-state index in [2.05, 4.69) is 11.1 Å². The van der Waals surface area contributed by atoms with Crippen molar-refractivity contribution in [3.05, 3.63) is 0 Å². The van der Waals surface area contributed by atoms with Gasteiger partial charge >= 0.3 is 6.09 Å². The monoisotopic (exact) mass is 160 g/mol. The fraction of sp³-hybridized carbons (Fsp3) is 0.667. The maximum absolute atomic E-state index is 10.4. The molecule has 1 aliphatic rings. The van der Waals surface area contributed by atoms with Gasteiger partial charge in [0.2, 0.25) is 0 Å². The highest BCUT2D eigenvalue weighted by Gasteiger charge is 2.04. The van der Waals surface area contributed by atoms with E-state index in [0.29, 0.717) is 5.78 Å². The van der Waals surface area contributed by atoms with Gasteiger partial charge in [-0.05, 0) is 0 Å². The van der Waals surface area contributed by atoms with Gasteiger partial charge in [0, 0.05) is 25.9 Å². The van der Waals surface area contributed by atoms with E-state index in [1.807, 2.05) is 0 Å². The molecule has 11 heavy (non-hydrogen) atoms. The molecule has 0 aromatic heterocycles. The topological polar surface area (TPSA) is 92.4 Å². The van der Waals surface area contributed by atoms with Gasteiger partial charge in [-0.2, -0.15) is 0 Å². The van der Waals surface area contributed by atoms with Crippen molar-refractivity contribution in [3.8, 4) is 0 Å². The average molecular weight is 160 g/mol. The first-order valence-electron chi connectivity index (χ1n) is 3.33. The molecule has 0 saturated carbocycles. The number of carboxylic acid groups (broad SMARTS) is 1. The summed E-state index contributed by atoms with van der Waals surface area (Å²) in [6.07, 6.45) is 0.139. The number of hydrogen-bond acceptors (Lipinski definition) is 3. The molecule has 1 rings (SSSR count). The summed E-state index contributed by atoms with van der Waals surface area (Å²) >= 11 is 0. The molecule has 64 valence electrons. The Balaban J connectivity index is 0.000000218. The number of Topliss-reactive ketones (excluding diaryl/α,β-unsaturated/α-hetero) is 1. The van der Waals surface area contributed by atoms with E-state index < -0.39 is 6.09 Å². The molecule has 0 bridgehead atoms. The van der Waals surface area contributed by atoms with Gasteiger partial charge in [0.1, 0.15) is 5.78 Å². The predicted molar refractivity (Wildman–Crippen MR) is 39.3 cm³/mol. The summed E-state index contributed by atoms with van der Waals surface area (Å²) in [6, 6.07) is 0. The highest BCUT2D eigenvalue weighted by molar-refractivity contribution is 5.79. The molecule has 0 unspecified atom stereocenters. The normalized spacial score (nSPS) is 16.5. The average Bonchev–Trinajstić information content (AvgIpc) is 1.87. The van der Waals surface area contributed by atoms with Crippen LogP contribution in [0.5, 0.6) is 0 Å². The maximum Gasteiger partial charge on any atom is 0.402 e. The van der Waals surface area contributed by atoms with E-state index in [-0.39, 0.29) is 0 Å². The zero-order valence-electron chi connectivity index (χ0n) is 6.17. The SMILES string of the molecule is NC(=O)O.O=C1CCNCC1. The van der Waals surface area contributed by atoms with Crippen LogP contribution in [-0.4, -0.2) is 30.1 Å². The van der Waals surface area contributed by atoms with Gasteiger partial charge in [-0.1, -0.05) is 0 Å². The molecule has 0 aromatic carbocycles. The van der Waals surface area contributed by atoms with Crippen LogP contribution in [0.2, 0.25) is 0 Å². The number of ketones is 1. The summed E-state index contributed by atoms with van der Waals surface area (Å²) in [5.41, 5.74) is 4.03. The number of carbonyl (C=O) groups excluding carboxylic acids is 1. The summed E-state index contributed by atoms with van der Waals surface area (Å²) < 4.78 is 0. The first-order valence-corrected chi connectivity index (χ1v) is 3.33. The standard InChI is InChI=1S/C5H9NO.CH3NO2/c7-5-1-3-6-4-2-5;2-1(3)4/h6H,1-4H2;2H2,(H,3,4). The molecular weight excluding hydrogens is 148 g/mol. The van der Waals surface area contributed by atoms with Gasteiger partial charge < -0.3 is 16.2 Å². The van der Waals surface area contributed by atoms with Crippen LogP contribution in [0.15, 0.2) is 0 Å². The van der Waals surface area contributed by atoms with Crippen molar-refractivity contribution in [2.24, 2.45) is 5.73 Å². The maximum atomic E-state index is 10.4. The van der Waals surface area contributed by atoms with Gasteiger partial charge in [0.15, 0.2) is 0 Å². The number of piperidine rings is 1. The number of primary amides is 1. The van der Waals surface area contributed by atoms with E-state index in [4.69, 9.17) is 9.90 Å². The predicted octanol–water partition coefficient (Wildman–Crippen LogP) is -0.438. The highest BCUT2D eigenvalue weighted by atomic mass is 16.4. The van der Waals surface area contributed by atoms with Gasteiger partial charge in [-0.25, -0.2) is 4.79 Å². The van der Waals surface area contributed by atoms with Crippen molar-refractivity contribution in [2.75, 3.05) is 13.1 Å². The molecule has 1 saturated heterocycles. The van der Waals surface area contributed by atoms with Crippen LogP contribution in [0.3, 0.4) is 0 Å². The fourth-order valence-corrected chi connectivity index (χ4v) is 0.706. The Labute approximate surface area is 64.6 Å². The van der Waals surface area contributed by atoms with Crippen LogP contribution in [0.4, 0.5) is 4.79 Å². The minimum Gasteiger partial charge on any atom is -0.465 e. The van der Waals surface area contributed by atoms with Crippen molar-refractivity contribution in [2.45, 2.75) is 12.8 Å². The zero-order valence-corrected chi connectivity index (χ0v) is 6.17. The van der Waals surface area contributed by atoms with Crippen molar-refractivity contribution < 1.29 is 14.7 Å². The Morgan fingerprint density at radius 3 is 2.00 bits per heavy atom. The Bertz CT molecular complexity index is 135. The molecule has 4 N–H and O–H groups in total. The Morgan fingerprint density at radius 2 is 1.82 bits per heavy atom. The van der Waals surface area contributed by atoms with Gasteiger partial charge in [0.05, 0.1) is 0 Å². The molecule has 0 aromatic rings. The third-order valence-electron chi connectivity index (χ3n) is 1.16. The second-order valence-corrected chi connectivity index (χ2v) is 2.13. The third kappa shape index (κ3) is 8.90. The first kappa shape index (κ1) is 9.90. The van der Waals surface area contributed by atoms with E-state index in [1.54, 1.807) is 0 Å². The Hall–Kier alpha value is -1.10. The van der Waals surface area contributed by atoms with Crippen LogP contribution < -0.4 is 11.1 Å². The highest BCUT2D eigenvalue weighted by Crippen LogP contribution is 1.91. The second kappa shape index (κ2) is 5.67. The molecule has 0 radical (unpaired) electrons. The largest absolute Gasteiger partial charge is 0.465 e. The molecule has 1 amide bonds. The number of hydrogen-bond donors (Lipinski definition) is 3. The van der Waals surface area contributed by atoms with Crippen molar-refractivity contribution in [3.63, 3.8) is 0 Å². The van der Waals surface area contributed by atoms with Crippen LogP contribution >= 0.6 is 0 Å². The lowest BCUT2D eigenvalue weighted by Crippen LogP contribution is -2.27. The van der Waals surface area contributed by atoms with Gasteiger partial charge in [-0.3, -0.25) is 4.79 Å². The third-order valence-corrected chi connectivity index (χ3v) is 1.16. The molecular formula is C6H12N2O3. The minimum absolute atomic E-state index is 0.402. The van der Waals surface area contributed by atoms with Crippen molar-refractivity contribution in [1.29, 1.82) is 0 Å². The Kier molecular flexibility index (Phi) is 5.10. The molecule has 5 heteroatoms. The summed E-state index contributed by atoms with van der Waals surface area (Å²) in [7, 11) is 0. The lowest BCUT2D eigenvalue weighted by molar-refractivity contribution is -0.119. The quantitative estimate of drug-likeness (QED) is 0.448. The smallest absolute Gasteiger partial charge is 0.402 e. The van der Waals surface area contributed by atoms with Crippen LogP contribution in [0, 0.1) is 0 Å². The molecule has 1 fully saturated rings. The van der Waals surface area contributed by atoms with E-state index in [1.165, 1.54) is 0 Å². The van der Waals surface area contributed by atoms with E-state index in [9.17, 15) is 4.79 Å². The molecule has 5 nitrogen and oxygen atoms in total. The number of nitrogens with one attached hydrogen (secondary N) is 1. The molecule has 1 aliphatic heterocycles. The van der Waals surface area contributed by atoms with E-state index in [0.717, 1.165) is 25.9 Å². The molecule has 0 aliphatic carbocycles. The van der Waals surface area contributed by atoms with Crippen molar-refractivity contribution in [1.82, 2.24) is 5.32 Å². The number of nitrogens with two attached hydrogens (primary N) is 1. The second-order valence-electron chi connectivity index (χ2n) is 2.13. The fourth-order valence-electron chi connectivity index (χ4n) is 0.706.